The van der Waals surface area contributed by atoms with E-state index in [9.17, 15) is 9.59 Å². The van der Waals surface area contributed by atoms with Gasteiger partial charge in [-0.3, -0.25) is 14.9 Å². The van der Waals surface area contributed by atoms with Crippen molar-refractivity contribution in [2.45, 2.75) is 13.3 Å². The molecule has 6 nitrogen and oxygen atoms in total. The van der Waals surface area contributed by atoms with Crippen LogP contribution in [0.15, 0.2) is 23.6 Å². The maximum absolute atomic E-state index is 12.2. The highest BCUT2D eigenvalue weighted by Gasteiger charge is 2.16. The quantitative estimate of drug-likeness (QED) is 0.936. The molecule has 0 saturated carbocycles. The number of carbonyl (C=O) groups excluding carboxylic acids is 2. The number of anilines is 1. The van der Waals surface area contributed by atoms with Crippen LogP contribution in [0.3, 0.4) is 0 Å². The predicted octanol–water partition coefficient (Wildman–Crippen LogP) is 2.30. The van der Waals surface area contributed by atoms with Crippen LogP contribution in [-0.4, -0.2) is 29.9 Å². The lowest BCUT2D eigenvalue weighted by atomic mass is 10.2. The fourth-order valence-corrected chi connectivity index (χ4v) is 2.76. The summed E-state index contributed by atoms with van der Waals surface area (Å²) < 4.78 is 10.9. The van der Waals surface area contributed by atoms with Gasteiger partial charge in [-0.25, -0.2) is 4.98 Å². The van der Waals surface area contributed by atoms with Crippen molar-refractivity contribution in [3.63, 3.8) is 0 Å². The molecule has 0 spiro atoms. The van der Waals surface area contributed by atoms with Gasteiger partial charge in [0, 0.05) is 17.4 Å². The van der Waals surface area contributed by atoms with Gasteiger partial charge in [-0.2, -0.15) is 0 Å². The summed E-state index contributed by atoms with van der Waals surface area (Å²) in [6.45, 7) is 2.49. The lowest BCUT2D eigenvalue weighted by Gasteiger charge is -2.18. The minimum atomic E-state index is -0.277. The Hall–Kier alpha value is -2.41. The molecule has 1 aliphatic heterocycles. The molecule has 2 heterocycles. The lowest BCUT2D eigenvalue weighted by molar-refractivity contribution is -0.116. The van der Waals surface area contributed by atoms with Gasteiger partial charge in [-0.15, -0.1) is 11.3 Å². The van der Waals surface area contributed by atoms with Gasteiger partial charge in [0.05, 0.1) is 5.69 Å². The fourth-order valence-electron chi connectivity index (χ4n) is 2.05. The first-order valence-electron chi connectivity index (χ1n) is 6.76. The molecule has 1 aromatic carbocycles. The predicted molar refractivity (Wildman–Crippen MR) is 81.9 cm³/mol. The molecule has 2 aromatic rings. The zero-order chi connectivity index (χ0) is 15.5. The fraction of sp³-hybridized carbons (Fsp3) is 0.267. The summed E-state index contributed by atoms with van der Waals surface area (Å²) in [5, 5.41) is 4.95. The molecule has 1 aliphatic rings. The molecule has 0 bridgehead atoms. The van der Waals surface area contributed by atoms with E-state index in [0.29, 0.717) is 41.1 Å². The number of fused-ring (bicyclic) bond motifs is 1. The summed E-state index contributed by atoms with van der Waals surface area (Å²) >= 11 is 1.29. The number of aromatic nitrogens is 1. The molecule has 0 fully saturated rings. The molecule has 7 heteroatoms. The van der Waals surface area contributed by atoms with E-state index in [0.717, 1.165) is 0 Å². The van der Waals surface area contributed by atoms with Crippen LogP contribution in [0, 0.1) is 0 Å². The van der Waals surface area contributed by atoms with Crippen molar-refractivity contribution >= 4 is 28.2 Å². The second kappa shape index (κ2) is 6.15. The van der Waals surface area contributed by atoms with Crippen LogP contribution in [-0.2, 0) is 11.2 Å². The largest absolute Gasteiger partial charge is 0.486 e. The minimum Gasteiger partial charge on any atom is -0.486 e. The van der Waals surface area contributed by atoms with Gasteiger partial charge in [0.25, 0.3) is 5.91 Å². The normalized spacial score (nSPS) is 12.8. The summed E-state index contributed by atoms with van der Waals surface area (Å²) in [6.07, 6.45) is 0.274. The molecule has 0 saturated heterocycles. The zero-order valence-electron chi connectivity index (χ0n) is 11.9. The summed E-state index contributed by atoms with van der Waals surface area (Å²) in [5.74, 6) is 0.965. The maximum Gasteiger partial charge on any atom is 0.257 e. The number of amides is 1. The lowest BCUT2D eigenvalue weighted by Crippen LogP contribution is -2.17. The Morgan fingerprint density at radius 3 is 2.82 bits per heavy atom. The molecule has 1 N–H and O–H groups in total. The average molecular weight is 318 g/mol. The molecular formula is C15H14N2O4S. The Bertz CT molecular complexity index is 726. The van der Waals surface area contributed by atoms with E-state index in [1.807, 2.05) is 0 Å². The maximum atomic E-state index is 12.2. The Balaban J connectivity index is 1.71. The number of benzene rings is 1. The van der Waals surface area contributed by atoms with Gasteiger partial charge >= 0.3 is 0 Å². The molecule has 0 aliphatic carbocycles. The van der Waals surface area contributed by atoms with E-state index in [-0.39, 0.29) is 18.1 Å². The number of ether oxygens (including phenoxy) is 2. The van der Waals surface area contributed by atoms with Crippen LogP contribution < -0.4 is 14.8 Å². The third-order valence-electron chi connectivity index (χ3n) is 3.01. The average Bonchev–Trinajstić information content (AvgIpc) is 2.93. The summed E-state index contributed by atoms with van der Waals surface area (Å²) in [6, 6.07) is 5.04. The molecule has 0 radical (unpaired) electrons. The summed E-state index contributed by atoms with van der Waals surface area (Å²) in [5.41, 5.74) is 1.13. The van der Waals surface area contributed by atoms with E-state index < -0.39 is 0 Å². The van der Waals surface area contributed by atoms with E-state index in [1.54, 1.807) is 23.6 Å². The summed E-state index contributed by atoms with van der Waals surface area (Å²) in [4.78, 5) is 27.5. The highest BCUT2D eigenvalue weighted by atomic mass is 32.1. The van der Waals surface area contributed by atoms with Crippen LogP contribution in [0.25, 0.3) is 0 Å². The molecule has 3 rings (SSSR count). The third-order valence-corrected chi connectivity index (χ3v) is 3.81. The first kappa shape index (κ1) is 14.5. The molecular weight excluding hydrogens is 304 g/mol. The van der Waals surface area contributed by atoms with Gasteiger partial charge in [0.15, 0.2) is 16.6 Å². The van der Waals surface area contributed by atoms with Crippen LogP contribution >= 0.6 is 11.3 Å². The molecule has 0 unspecified atom stereocenters. The van der Waals surface area contributed by atoms with Crippen molar-refractivity contribution in [1.29, 1.82) is 0 Å². The molecule has 0 atom stereocenters. The number of carbonyl (C=O) groups is 2. The first-order valence-corrected chi connectivity index (χ1v) is 7.64. The number of hydrogen-bond acceptors (Lipinski definition) is 6. The second-order valence-electron chi connectivity index (χ2n) is 4.84. The smallest absolute Gasteiger partial charge is 0.257 e. The Labute approximate surface area is 131 Å². The SMILES string of the molecule is CC(=O)Cc1csc(NC(=O)c2ccc3c(c2)OCCO3)n1. The van der Waals surface area contributed by atoms with E-state index >= 15 is 0 Å². The van der Waals surface area contributed by atoms with Gasteiger partial charge in [-0.05, 0) is 25.1 Å². The first-order chi connectivity index (χ1) is 10.6. The number of ketones is 1. The Morgan fingerprint density at radius 1 is 1.27 bits per heavy atom. The van der Waals surface area contributed by atoms with Crippen LogP contribution in [0.5, 0.6) is 11.5 Å². The number of nitrogens with one attached hydrogen (secondary N) is 1. The van der Waals surface area contributed by atoms with Gasteiger partial charge in [0.1, 0.15) is 19.0 Å². The van der Waals surface area contributed by atoms with Crippen LogP contribution in [0.2, 0.25) is 0 Å². The van der Waals surface area contributed by atoms with E-state index in [4.69, 9.17) is 9.47 Å². The van der Waals surface area contributed by atoms with Crippen LogP contribution in [0.4, 0.5) is 5.13 Å². The standard InChI is InChI=1S/C15H14N2O4S/c1-9(18)6-11-8-22-15(16-11)17-14(19)10-2-3-12-13(7-10)21-5-4-20-12/h2-3,7-8H,4-6H2,1H3,(H,16,17,19). The molecule has 114 valence electrons. The highest BCUT2D eigenvalue weighted by Crippen LogP contribution is 2.31. The number of thiazole rings is 1. The number of Topliss-reactive ketones (excluding diaryl/α,β-unsaturated/α-hetero) is 1. The van der Waals surface area contributed by atoms with Gasteiger partial charge < -0.3 is 9.47 Å². The van der Waals surface area contributed by atoms with Crippen molar-refractivity contribution in [2.24, 2.45) is 0 Å². The number of nitrogens with zero attached hydrogens (tertiary/aromatic N) is 1. The third kappa shape index (κ3) is 3.25. The number of hydrogen-bond donors (Lipinski definition) is 1. The Morgan fingerprint density at radius 2 is 2.05 bits per heavy atom. The van der Waals surface area contributed by atoms with Gasteiger partial charge in [-0.1, -0.05) is 0 Å². The zero-order valence-corrected chi connectivity index (χ0v) is 12.7. The minimum absolute atomic E-state index is 0.0370. The van der Waals surface area contributed by atoms with Gasteiger partial charge in [0.2, 0.25) is 0 Å². The monoisotopic (exact) mass is 318 g/mol. The Kier molecular flexibility index (Phi) is 4.06. The molecule has 22 heavy (non-hydrogen) atoms. The molecule has 1 amide bonds. The van der Waals surface area contributed by atoms with Crippen molar-refractivity contribution in [2.75, 3.05) is 18.5 Å². The topological polar surface area (TPSA) is 77.5 Å². The van der Waals surface area contributed by atoms with Crippen LogP contribution in [0.1, 0.15) is 23.0 Å². The van der Waals surface area contributed by atoms with Crippen molar-refractivity contribution in [1.82, 2.24) is 4.98 Å². The summed E-state index contributed by atoms with van der Waals surface area (Å²) in [7, 11) is 0. The highest BCUT2D eigenvalue weighted by molar-refractivity contribution is 7.14. The van der Waals surface area contributed by atoms with E-state index in [1.165, 1.54) is 18.3 Å². The second-order valence-corrected chi connectivity index (χ2v) is 5.69. The van der Waals surface area contributed by atoms with E-state index in [2.05, 4.69) is 10.3 Å². The van der Waals surface area contributed by atoms with Crippen molar-refractivity contribution in [3.8, 4) is 11.5 Å². The number of rotatable bonds is 4. The van der Waals surface area contributed by atoms with Crippen molar-refractivity contribution < 1.29 is 19.1 Å². The molecule has 1 aromatic heterocycles. The van der Waals surface area contributed by atoms with Crippen molar-refractivity contribution in [3.05, 3.63) is 34.8 Å².